The molecule has 2 amide bonds. The molecule has 0 aliphatic rings. The zero-order chi connectivity index (χ0) is 22.6. The van der Waals surface area contributed by atoms with E-state index in [1.165, 1.54) is 48.5 Å². The highest BCUT2D eigenvalue weighted by Crippen LogP contribution is 2.34. The molecule has 0 aliphatic heterocycles. The Hall–Kier alpha value is -3.41. The van der Waals surface area contributed by atoms with Gasteiger partial charge in [0.1, 0.15) is 17.6 Å². The highest BCUT2D eigenvalue weighted by atomic mass is 35.5. The number of urea groups is 1. The maximum Gasteiger partial charge on any atom is 0.416 e. The number of hydrogen-bond acceptors (Lipinski definition) is 3. The summed E-state index contributed by atoms with van der Waals surface area (Å²) in [5.74, 6) is 0.510. The van der Waals surface area contributed by atoms with Crippen molar-refractivity contribution in [3.63, 3.8) is 0 Å². The van der Waals surface area contributed by atoms with Crippen LogP contribution in [0.4, 0.5) is 29.3 Å². The Balaban J connectivity index is 1.72. The van der Waals surface area contributed by atoms with E-state index in [1.807, 2.05) is 6.07 Å². The second kappa shape index (κ2) is 9.16. The van der Waals surface area contributed by atoms with E-state index in [1.54, 1.807) is 0 Å². The van der Waals surface area contributed by atoms with Crippen LogP contribution in [0.15, 0.2) is 60.7 Å². The van der Waals surface area contributed by atoms with E-state index < -0.39 is 17.8 Å². The van der Waals surface area contributed by atoms with Gasteiger partial charge in [0.15, 0.2) is 0 Å². The molecule has 0 bridgehead atoms. The number of halogens is 5. The van der Waals surface area contributed by atoms with Gasteiger partial charge in [-0.1, -0.05) is 29.3 Å². The molecular weight excluding hydrogens is 454 g/mol. The lowest BCUT2D eigenvalue weighted by molar-refractivity contribution is -0.137. The first-order chi connectivity index (χ1) is 14.7. The predicted octanol–water partition coefficient (Wildman–Crippen LogP) is 7.32. The van der Waals surface area contributed by atoms with Crippen molar-refractivity contribution < 1.29 is 22.7 Å². The van der Waals surface area contributed by atoms with Crippen LogP contribution in [0.2, 0.25) is 10.0 Å². The second-order valence-corrected chi connectivity index (χ2v) is 6.97. The number of nitrogens with one attached hydrogen (secondary N) is 2. The molecule has 3 aromatic rings. The first kappa shape index (κ1) is 22.3. The molecule has 3 rings (SSSR count). The molecule has 0 aromatic heterocycles. The number of rotatable bonds is 4. The Bertz CT molecular complexity index is 1180. The van der Waals surface area contributed by atoms with Gasteiger partial charge in [-0.3, -0.25) is 0 Å². The molecule has 0 radical (unpaired) electrons. The third-order valence-electron chi connectivity index (χ3n) is 3.93. The SMILES string of the molecule is N#Cc1ccc(Oc2cc(NC(=O)Nc3cccc(C(F)(F)F)c3)ccc2Cl)cc1Cl. The van der Waals surface area contributed by atoms with E-state index in [9.17, 15) is 18.0 Å². The van der Waals surface area contributed by atoms with Gasteiger partial charge in [-0.25, -0.2) is 4.79 Å². The van der Waals surface area contributed by atoms with E-state index in [0.717, 1.165) is 12.1 Å². The number of alkyl halides is 3. The third kappa shape index (κ3) is 5.81. The van der Waals surface area contributed by atoms with Gasteiger partial charge in [0, 0.05) is 23.5 Å². The molecule has 31 heavy (non-hydrogen) atoms. The topological polar surface area (TPSA) is 74.1 Å². The molecule has 0 saturated carbocycles. The van der Waals surface area contributed by atoms with E-state index in [4.69, 9.17) is 33.2 Å². The van der Waals surface area contributed by atoms with Crippen molar-refractivity contribution in [1.82, 2.24) is 0 Å². The first-order valence-corrected chi connectivity index (χ1v) is 9.33. The smallest absolute Gasteiger partial charge is 0.416 e. The molecule has 2 N–H and O–H groups in total. The Labute approximate surface area is 185 Å². The summed E-state index contributed by atoms with van der Waals surface area (Å²) in [7, 11) is 0. The number of nitriles is 1. The summed E-state index contributed by atoms with van der Waals surface area (Å²) in [6, 6.07) is 14.3. The molecule has 0 saturated heterocycles. The van der Waals surface area contributed by atoms with Crippen LogP contribution < -0.4 is 15.4 Å². The Kier molecular flexibility index (Phi) is 6.59. The van der Waals surface area contributed by atoms with Crippen LogP contribution >= 0.6 is 23.2 Å². The van der Waals surface area contributed by atoms with Crippen molar-refractivity contribution in [2.45, 2.75) is 6.18 Å². The summed E-state index contributed by atoms with van der Waals surface area (Å²) in [6.45, 7) is 0. The van der Waals surface area contributed by atoms with Gasteiger partial charge in [0.25, 0.3) is 0 Å². The lowest BCUT2D eigenvalue weighted by atomic mass is 10.2. The zero-order valence-corrected chi connectivity index (χ0v) is 16.9. The minimum absolute atomic E-state index is 0.0232. The number of hydrogen-bond donors (Lipinski definition) is 2. The number of ether oxygens (including phenoxy) is 1. The van der Waals surface area contributed by atoms with Crippen LogP contribution in [0.3, 0.4) is 0 Å². The summed E-state index contributed by atoms with van der Waals surface area (Å²) in [5, 5.41) is 14.2. The van der Waals surface area contributed by atoms with E-state index in [2.05, 4.69) is 10.6 Å². The molecular formula is C21H12Cl2F3N3O2. The molecule has 3 aromatic carbocycles. The van der Waals surface area contributed by atoms with Crippen molar-refractivity contribution in [3.8, 4) is 17.6 Å². The minimum Gasteiger partial charge on any atom is -0.456 e. The van der Waals surface area contributed by atoms with Gasteiger partial charge in [-0.15, -0.1) is 0 Å². The molecule has 0 fully saturated rings. The van der Waals surface area contributed by atoms with Crippen LogP contribution in [0.5, 0.6) is 11.5 Å². The molecule has 0 spiro atoms. The van der Waals surface area contributed by atoms with E-state index in [0.29, 0.717) is 5.75 Å². The highest BCUT2D eigenvalue weighted by Gasteiger charge is 2.30. The van der Waals surface area contributed by atoms with Crippen LogP contribution in [0.25, 0.3) is 0 Å². The normalized spacial score (nSPS) is 10.8. The molecule has 0 heterocycles. The van der Waals surface area contributed by atoms with Crippen molar-refractivity contribution in [2.75, 3.05) is 10.6 Å². The average molecular weight is 466 g/mol. The molecule has 158 valence electrons. The Morgan fingerprint density at radius 3 is 2.29 bits per heavy atom. The summed E-state index contributed by atoms with van der Waals surface area (Å²) >= 11 is 12.1. The Morgan fingerprint density at radius 1 is 0.935 bits per heavy atom. The van der Waals surface area contributed by atoms with Crippen LogP contribution in [-0.4, -0.2) is 6.03 Å². The largest absolute Gasteiger partial charge is 0.456 e. The number of benzene rings is 3. The lowest BCUT2D eigenvalue weighted by Crippen LogP contribution is -2.19. The number of carbonyl (C=O) groups excluding carboxylic acids is 1. The molecule has 5 nitrogen and oxygen atoms in total. The zero-order valence-electron chi connectivity index (χ0n) is 15.4. The number of anilines is 2. The van der Waals surface area contributed by atoms with Gasteiger partial charge in [-0.05, 0) is 42.5 Å². The summed E-state index contributed by atoms with van der Waals surface area (Å²) < 4.78 is 44.1. The van der Waals surface area contributed by atoms with E-state index in [-0.39, 0.29) is 32.7 Å². The van der Waals surface area contributed by atoms with Crippen molar-refractivity contribution in [2.24, 2.45) is 0 Å². The summed E-state index contributed by atoms with van der Waals surface area (Å²) in [6.07, 6.45) is -4.52. The second-order valence-electron chi connectivity index (χ2n) is 6.16. The van der Waals surface area contributed by atoms with Gasteiger partial charge in [-0.2, -0.15) is 18.4 Å². The standard InChI is InChI=1S/C21H12Cl2F3N3O2/c22-17-7-5-15(9-19(17)31-16-6-4-12(11-27)18(23)10-16)29-20(30)28-14-3-1-2-13(8-14)21(24,25)26/h1-10H,(H2,28,29,30). The maximum absolute atomic E-state index is 12.8. The summed E-state index contributed by atoms with van der Waals surface area (Å²) in [4.78, 5) is 12.2. The molecule has 0 atom stereocenters. The maximum atomic E-state index is 12.8. The molecule has 0 aliphatic carbocycles. The van der Waals surface area contributed by atoms with Crippen LogP contribution in [0.1, 0.15) is 11.1 Å². The molecule has 10 heteroatoms. The average Bonchev–Trinajstić information content (AvgIpc) is 2.70. The first-order valence-electron chi connectivity index (χ1n) is 8.58. The monoisotopic (exact) mass is 465 g/mol. The quantitative estimate of drug-likeness (QED) is 0.423. The predicted molar refractivity (Wildman–Crippen MR) is 112 cm³/mol. The fourth-order valence-corrected chi connectivity index (χ4v) is 2.87. The van der Waals surface area contributed by atoms with Crippen molar-refractivity contribution >= 4 is 40.6 Å². The fraction of sp³-hybridized carbons (Fsp3) is 0.0476. The van der Waals surface area contributed by atoms with E-state index >= 15 is 0 Å². The van der Waals surface area contributed by atoms with Crippen LogP contribution in [-0.2, 0) is 6.18 Å². The fourth-order valence-electron chi connectivity index (χ4n) is 2.50. The molecule has 0 unspecified atom stereocenters. The van der Waals surface area contributed by atoms with Gasteiger partial charge in [0.05, 0.1) is 21.2 Å². The third-order valence-corrected chi connectivity index (χ3v) is 4.55. The van der Waals surface area contributed by atoms with Gasteiger partial charge < -0.3 is 15.4 Å². The Morgan fingerprint density at radius 2 is 1.65 bits per heavy atom. The van der Waals surface area contributed by atoms with Gasteiger partial charge in [0.2, 0.25) is 0 Å². The van der Waals surface area contributed by atoms with Crippen LogP contribution in [0, 0.1) is 11.3 Å². The number of amides is 2. The number of nitrogens with zero attached hydrogens (tertiary/aromatic N) is 1. The highest BCUT2D eigenvalue weighted by molar-refractivity contribution is 6.32. The van der Waals surface area contributed by atoms with Crippen molar-refractivity contribution in [3.05, 3.63) is 81.8 Å². The number of carbonyl (C=O) groups is 1. The van der Waals surface area contributed by atoms with Gasteiger partial charge >= 0.3 is 12.2 Å². The minimum atomic E-state index is -4.52. The lowest BCUT2D eigenvalue weighted by Gasteiger charge is -2.13. The van der Waals surface area contributed by atoms with Crippen molar-refractivity contribution in [1.29, 1.82) is 5.26 Å². The summed E-state index contributed by atoms with van der Waals surface area (Å²) in [5.41, 5.74) is -0.344.